The molecule has 0 saturated carbocycles. The number of amides is 1. The number of carbonyl (C=O) groups is 1. The van der Waals surface area contributed by atoms with Crippen LogP contribution in [0.1, 0.15) is 31.2 Å². The average molecular weight is 341 g/mol. The lowest BCUT2D eigenvalue weighted by molar-refractivity contribution is -0.116. The van der Waals surface area contributed by atoms with Gasteiger partial charge in [0.05, 0.1) is 0 Å². The predicted octanol–water partition coefficient (Wildman–Crippen LogP) is 3.84. The van der Waals surface area contributed by atoms with Gasteiger partial charge in [0.15, 0.2) is 0 Å². The molecule has 2 N–H and O–H groups in total. The summed E-state index contributed by atoms with van der Waals surface area (Å²) in [6.45, 7) is 1.09. The van der Waals surface area contributed by atoms with Crippen molar-refractivity contribution in [1.29, 1.82) is 0 Å². The van der Waals surface area contributed by atoms with E-state index in [1.54, 1.807) is 18.0 Å². The number of hydrogen-bond acceptors (Lipinski definition) is 4. The Labute approximate surface area is 147 Å². The lowest BCUT2D eigenvalue weighted by Gasteiger charge is -2.10. The van der Waals surface area contributed by atoms with E-state index >= 15 is 0 Å². The van der Waals surface area contributed by atoms with Crippen molar-refractivity contribution in [3.63, 3.8) is 0 Å². The third kappa shape index (κ3) is 5.35. The summed E-state index contributed by atoms with van der Waals surface area (Å²) in [6, 6.07) is 12.6. The summed E-state index contributed by atoms with van der Waals surface area (Å²) < 4.78 is 0. The summed E-state index contributed by atoms with van der Waals surface area (Å²) >= 11 is 1.77. The van der Waals surface area contributed by atoms with Crippen LogP contribution in [0.15, 0.2) is 53.7 Å². The van der Waals surface area contributed by atoms with Crippen LogP contribution in [0.25, 0.3) is 0 Å². The molecule has 24 heavy (non-hydrogen) atoms. The van der Waals surface area contributed by atoms with Crippen LogP contribution in [0, 0.1) is 0 Å². The Morgan fingerprint density at radius 2 is 2.17 bits per heavy atom. The first-order valence-corrected chi connectivity index (χ1v) is 9.43. The van der Waals surface area contributed by atoms with Crippen molar-refractivity contribution in [3.8, 4) is 0 Å². The van der Waals surface area contributed by atoms with Crippen LogP contribution in [0.5, 0.6) is 0 Å². The lowest BCUT2D eigenvalue weighted by Crippen LogP contribution is -2.23. The minimum absolute atomic E-state index is 0.0967. The van der Waals surface area contributed by atoms with Gasteiger partial charge in [-0.3, -0.25) is 9.78 Å². The molecule has 2 heterocycles. The molecule has 4 nitrogen and oxygen atoms in total. The predicted molar refractivity (Wildman–Crippen MR) is 99.1 cm³/mol. The van der Waals surface area contributed by atoms with E-state index in [9.17, 15) is 4.79 Å². The monoisotopic (exact) mass is 341 g/mol. The third-order valence-corrected chi connectivity index (χ3v) is 5.23. The van der Waals surface area contributed by atoms with Crippen molar-refractivity contribution in [1.82, 2.24) is 10.3 Å². The summed E-state index contributed by atoms with van der Waals surface area (Å²) in [4.78, 5) is 17.3. The van der Waals surface area contributed by atoms with Crippen LogP contribution in [0.2, 0.25) is 0 Å². The first-order valence-electron chi connectivity index (χ1n) is 8.44. The molecule has 1 unspecified atom stereocenters. The van der Waals surface area contributed by atoms with Gasteiger partial charge in [-0.15, -0.1) is 11.8 Å². The van der Waals surface area contributed by atoms with Crippen LogP contribution < -0.4 is 10.6 Å². The summed E-state index contributed by atoms with van der Waals surface area (Å²) in [5.41, 5.74) is 2.07. The molecule has 0 bridgehead atoms. The van der Waals surface area contributed by atoms with Crippen LogP contribution in [-0.2, 0) is 10.5 Å². The van der Waals surface area contributed by atoms with E-state index in [2.05, 4.69) is 33.8 Å². The van der Waals surface area contributed by atoms with Gasteiger partial charge in [-0.1, -0.05) is 6.07 Å². The fourth-order valence-electron chi connectivity index (χ4n) is 2.82. The second-order valence-corrected chi connectivity index (χ2v) is 7.10. The third-order valence-electron chi connectivity index (χ3n) is 4.15. The number of hydrogen-bond donors (Lipinski definition) is 2. The van der Waals surface area contributed by atoms with Gasteiger partial charge in [-0.05, 0) is 61.7 Å². The molecular weight excluding hydrogens is 318 g/mol. The minimum atomic E-state index is 0.0967. The fraction of sp³-hybridized carbons (Fsp3) is 0.368. The molecule has 1 aliphatic heterocycles. The number of nitrogens with one attached hydrogen (secondary N) is 2. The molecule has 0 aliphatic carbocycles. The first-order chi connectivity index (χ1) is 11.8. The molecule has 2 aromatic rings. The van der Waals surface area contributed by atoms with E-state index in [0.717, 1.165) is 24.4 Å². The van der Waals surface area contributed by atoms with E-state index in [0.29, 0.717) is 12.5 Å². The molecule has 3 rings (SSSR count). The molecule has 1 fully saturated rings. The number of anilines is 1. The highest BCUT2D eigenvalue weighted by atomic mass is 32.2. The Bertz CT molecular complexity index is 639. The van der Waals surface area contributed by atoms with Crippen LogP contribution in [-0.4, -0.2) is 23.5 Å². The molecule has 1 amide bonds. The number of carbonyl (C=O) groups excluding carboxylic acids is 1. The van der Waals surface area contributed by atoms with Gasteiger partial charge < -0.3 is 10.6 Å². The normalized spacial score (nSPS) is 16.9. The van der Waals surface area contributed by atoms with Gasteiger partial charge in [0.2, 0.25) is 5.91 Å². The van der Waals surface area contributed by atoms with Crippen molar-refractivity contribution in [2.75, 3.05) is 11.9 Å². The van der Waals surface area contributed by atoms with Gasteiger partial charge in [0.25, 0.3) is 0 Å². The Hall–Kier alpha value is -1.85. The van der Waals surface area contributed by atoms with Crippen LogP contribution >= 0.6 is 11.8 Å². The smallest absolute Gasteiger partial charge is 0.224 e. The summed E-state index contributed by atoms with van der Waals surface area (Å²) in [7, 11) is 0. The van der Waals surface area contributed by atoms with E-state index in [-0.39, 0.29) is 5.91 Å². The topological polar surface area (TPSA) is 54.0 Å². The highest BCUT2D eigenvalue weighted by Crippen LogP contribution is 2.24. The zero-order valence-corrected chi connectivity index (χ0v) is 14.5. The number of pyridine rings is 1. The first kappa shape index (κ1) is 17.0. The Morgan fingerprint density at radius 3 is 2.88 bits per heavy atom. The quantitative estimate of drug-likeness (QED) is 0.751. The van der Waals surface area contributed by atoms with Gasteiger partial charge >= 0.3 is 0 Å². The SMILES string of the molecule is O=C(CCC1CCCN1)Nc1ccc(SCc2cccnc2)cc1. The van der Waals surface area contributed by atoms with E-state index in [1.165, 1.54) is 23.3 Å². The zero-order chi connectivity index (χ0) is 16.6. The van der Waals surface area contributed by atoms with Gasteiger partial charge in [0.1, 0.15) is 0 Å². The van der Waals surface area contributed by atoms with Gasteiger partial charge in [-0.25, -0.2) is 0 Å². The number of rotatable bonds is 7. The molecule has 5 heteroatoms. The van der Waals surface area contributed by atoms with Crippen molar-refractivity contribution in [2.45, 2.75) is 42.4 Å². The molecule has 1 atom stereocenters. The molecule has 0 radical (unpaired) electrons. The largest absolute Gasteiger partial charge is 0.326 e. The van der Waals surface area contributed by atoms with Gasteiger partial charge in [0, 0.05) is 41.2 Å². The summed E-state index contributed by atoms with van der Waals surface area (Å²) in [5.74, 6) is 0.993. The summed E-state index contributed by atoms with van der Waals surface area (Å²) in [5, 5.41) is 6.40. The molecule has 1 aromatic heterocycles. The van der Waals surface area contributed by atoms with E-state index in [4.69, 9.17) is 0 Å². The molecule has 1 saturated heterocycles. The van der Waals surface area contributed by atoms with E-state index in [1.807, 2.05) is 24.4 Å². The fourth-order valence-corrected chi connectivity index (χ4v) is 3.65. The Morgan fingerprint density at radius 1 is 1.29 bits per heavy atom. The highest BCUT2D eigenvalue weighted by Gasteiger charge is 2.15. The van der Waals surface area contributed by atoms with E-state index < -0.39 is 0 Å². The highest BCUT2D eigenvalue weighted by molar-refractivity contribution is 7.98. The zero-order valence-electron chi connectivity index (χ0n) is 13.7. The van der Waals surface area contributed by atoms with Crippen LogP contribution in [0.3, 0.4) is 0 Å². The maximum atomic E-state index is 12.0. The summed E-state index contributed by atoms with van der Waals surface area (Å²) in [6.07, 6.45) is 7.59. The number of benzene rings is 1. The molecular formula is C19H23N3OS. The van der Waals surface area contributed by atoms with Crippen LogP contribution in [0.4, 0.5) is 5.69 Å². The van der Waals surface area contributed by atoms with Crippen molar-refractivity contribution >= 4 is 23.4 Å². The lowest BCUT2D eigenvalue weighted by atomic mass is 10.1. The Kier molecular flexibility index (Phi) is 6.26. The second kappa shape index (κ2) is 8.85. The maximum absolute atomic E-state index is 12.0. The molecule has 0 spiro atoms. The van der Waals surface area contributed by atoms with Crippen molar-refractivity contribution in [2.24, 2.45) is 0 Å². The number of thioether (sulfide) groups is 1. The van der Waals surface area contributed by atoms with Crippen molar-refractivity contribution in [3.05, 3.63) is 54.4 Å². The van der Waals surface area contributed by atoms with Crippen molar-refractivity contribution < 1.29 is 4.79 Å². The number of aromatic nitrogens is 1. The molecule has 1 aliphatic rings. The number of nitrogens with zero attached hydrogens (tertiary/aromatic N) is 1. The Balaban J connectivity index is 1.42. The molecule has 126 valence electrons. The second-order valence-electron chi connectivity index (χ2n) is 6.05. The average Bonchev–Trinajstić information content (AvgIpc) is 3.14. The van der Waals surface area contributed by atoms with Gasteiger partial charge in [-0.2, -0.15) is 0 Å². The standard InChI is InChI=1S/C19H23N3OS/c23-19(10-7-16-4-2-12-21-16)22-17-5-8-18(9-6-17)24-14-15-3-1-11-20-13-15/h1,3,5-6,8-9,11,13,16,21H,2,4,7,10,12,14H2,(H,22,23). The molecule has 1 aromatic carbocycles. The maximum Gasteiger partial charge on any atom is 0.224 e. The minimum Gasteiger partial charge on any atom is -0.326 e.